The van der Waals surface area contributed by atoms with Crippen LogP contribution in [0.15, 0.2) is 24.5 Å². The van der Waals surface area contributed by atoms with Gasteiger partial charge in [0, 0.05) is 23.2 Å². The van der Waals surface area contributed by atoms with Crippen molar-refractivity contribution in [1.29, 1.82) is 0 Å². The van der Waals surface area contributed by atoms with Crippen LogP contribution in [0.25, 0.3) is 11.4 Å². The van der Waals surface area contributed by atoms with E-state index in [1.165, 1.54) is 6.07 Å². The summed E-state index contributed by atoms with van der Waals surface area (Å²) < 4.78 is 1.91. The molecule has 1 aromatic heterocycles. The Morgan fingerprint density at radius 1 is 1.26 bits per heavy atom. The molecule has 6 heteroatoms. The Hall–Kier alpha value is -2.24. The summed E-state index contributed by atoms with van der Waals surface area (Å²) in [5.74, 6) is 0.638. The standard InChI is InChI=1S/C13H16N4O2/c1-9-5-10(7-11(6-9)17(18)19)12-15-14-8-16(12)13(2,3)4/h5-8H,1-4H3. The number of nitrogens with zero attached hydrogens (tertiary/aromatic N) is 4. The van der Waals surface area contributed by atoms with Crippen LogP contribution in [0.2, 0.25) is 0 Å². The van der Waals surface area contributed by atoms with Gasteiger partial charge in [-0.2, -0.15) is 0 Å². The predicted molar refractivity (Wildman–Crippen MR) is 71.8 cm³/mol. The van der Waals surface area contributed by atoms with E-state index >= 15 is 0 Å². The van der Waals surface area contributed by atoms with Crippen LogP contribution >= 0.6 is 0 Å². The molecule has 0 aliphatic heterocycles. The molecule has 100 valence electrons. The molecule has 1 heterocycles. The Morgan fingerprint density at radius 3 is 2.53 bits per heavy atom. The summed E-state index contributed by atoms with van der Waals surface area (Å²) in [6.45, 7) is 7.92. The van der Waals surface area contributed by atoms with Crippen molar-refractivity contribution in [2.45, 2.75) is 33.2 Å². The highest BCUT2D eigenvalue weighted by Gasteiger charge is 2.20. The maximum Gasteiger partial charge on any atom is 0.270 e. The quantitative estimate of drug-likeness (QED) is 0.614. The summed E-state index contributed by atoms with van der Waals surface area (Å²) in [5.41, 5.74) is 1.42. The van der Waals surface area contributed by atoms with Crippen molar-refractivity contribution in [1.82, 2.24) is 14.8 Å². The number of aryl methyl sites for hydroxylation is 1. The second kappa shape index (κ2) is 4.46. The fourth-order valence-corrected chi connectivity index (χ4v) is 1.92. The minimum atomic E-state index is -0.395. The molecule has 19 heavy (non-hydrogen) atoms. The van der Waals surface area contributed by atoms with E-state index in [-0.39, 0.29) is 11.2 Å². The molecular formula is C13H16N4O2. The smallest absolute Gasteiger partial charge is 0.270 e. The highest BCUT2D eigenvalue weighted by Crippen LogP contribution is 2.27. The molecule has 0 aliphatic carbocycles. The lowest BCUT2D eigenvalue weighted by molar-refractivity contribution is -0.384. The average Bonchev–Trinajstić information content (AvgIpc) is 2.76. The van der Waals surface area contributed by atoms with Gasteiger partial charge in [-0.15, -0.1) is 10.2 Å². The normalized spacial score (nSPS) is 11.6. The molecule has 2 rings (SSSR count). The van der Waals surface area contributed by atoms with Gasteiger partial charge in [0.1, 0.15) is 6.33 Å². The SMILES string of the molecule is Cc1cc(-c2nncn2C(C)(C)C)cc([N+](=O)[O-])c1. The number of hydrogen-bond donors (Lipinski definition) is 0. The van der Waals surface area contributed by atoms with Gasteiger partial charge in [0.2, 0.25) is 0 Å². The lowest BCUT2D eigenvalue weighted by Gasteiger charge is -2.22. The van der Waals surface area contributed by atoms with E-state index in [1.54, 1.807) is 12.4 Å². The summed E-state index contributed by atoms with van der Waals surface area (Å²) in [6, 6.07) is 4.94. The van der Waals surface area contributed by atoms with Gasteiger partial charge in [-0.05, 0) is 39.3 Å². The van der Waals surface area contributed by atoms with Crippen molar-refractivity contribution < 1.29 is 4.92 Å². The molecule has 0 atom stereocenters. The summed E-state index contributed by atoms with van der Waals surface area (Å²) >= 11 is 0. The van der Waals surface area contributed by atoms with Gasteiger partial charge < -0.3 is 4.57 Å². The van der Waals surface area contributed by atoms with Gasteiger partial charge in [0.05, 0.1) is 4.92 Å². The molecule has 6 nitrogen and oxygen atoms in total. The second-order valence-electron chi connectivity index (χ2n) is 5.51. The Morgan fingerprint density at radius 2 is 1.95 bits per heavy atom. The first-order valence-corrected chi connectivity index (χ1v) is 5.96. The molecule has 0 saturated heterocycles. The van der Waals surface area contributed by atoms with E-state index < -0.39 is 4.92 Å². The molecule has 0 bridgehead atoms. The zero-order chi connectivity index (χ0) is 14.2. The molecule has 0 aliphatic rings. The molecule has 0 amide bonds. The van der Waals surface area contributed by atoms with Crippen LogP contribution in [-0.4, -0.2) is 19.7 Å². The van der Waals surface area contributed by atoms with Crippen molar-refractivity contribution in [2.75, 3.05) is 0 Å². The number of non-ortho nitro benzene ring substituents is 1. The zero-order valence-corrected chi connectivity index (χ0v) is 11.4. The maximum atomic E-state index is 10.9. The van der Waals surface area contributed by atoms with Crippen molar-refractivity contribution >= 4 is 5.69 Å². The minimum absolute atomic E-state index is 0.0680. The monoisotopic (exact) mass is 260 g/mol. The van der Waals surface area contributed by atoms with Crippen molar-refractivity contribution in [2.24, 2.45) is 0 Å². The van der Waals surface area contributed by atoms with Gasteiger partial charge in [-0.1, -0.05) is 0 Å². The van der Waals surface area contributed by atoms with Crippen LogP contribution in [0.4, 0.5) is 5.69 Å². The van der Waals surface area contributed by atoms with Crippen LogP contribution in [0.3, 0.4) is 0 Å². The second-order valence-corrected chi connectivity index (χ2v) is 5.51. The Kier molecular flexibility index (Phi) is 3.09. The number of nitro benzene ring substituents is 1. The molecule has 0 unspecified atom stereocenters. The Balaban J connectivity index is 2.60. The van der Waals surface area contributed by atoms with Gasteiger partial charge in [-0.3, -0.25) is 10.1 Å². The fraction of sp³-hybridized carbons (Fsp3) is 0.385. The first-order valence-electron chi connectivity index (χ1n) is 5.96. The third-order valence-electron chi connectivity index (χ3n) is 2.80. The number of hydrogen-bond acceptors (Lipinski definition) is 4. The number of benzene rings is 1. The molecular weight excluding hydrogens is 244 g/mol. The van der Waals surface area contributed by atoms with E-state index in [0.717, 1.165) is 5.56 Å². The third kappa shape index (κ3) is 2.62. The third-order valence-corrected chi connectivity index (χ3v) is 2.80. The van der Waals surface area contributed by atoms with Crippen LogP contribution in [0.5, 0.6) is 0 Å². The Bertz CT molecular complexity index is 626. The molecule has 0 radical (unpaired) electrons. The van der Waals surface area contributed by atoms with E-state index in [9.17, 15) is 10.1 Å². The first-order chi connectivity index (χ1) is 8.79. The maximum absolute atomic E-state index is 10.9. The zero-order valence-electron chi connectivity index (χ0n) is 11.4. The largest absolute Gasteiger partial charge is 0.308 e. The molecule has 2 aromatic rings. The summed E-state index contributed by atoms with van der Waals surface area (Å²) in [6.07, 6.45) is 1.64. The molecule has 1 aromatic carbocycles. The van der Waals surface area contributed by atoms with Gasteiger partial charge in [-0.25, -0.2) is 0 Å². The van der Waals surface area contributed by atoms with E-state index in [0.29, 0.717) is 11.4 Å². The van der Waals surface area contributed by atoms with E-state index in [4.69, 9.17) is 0 Å². The van der Waals surface area contributed by atoms with Crippen molar-refractivity contribution in [3.8, 4) is 11.4 Å². The van der Waals surface area contributed by atoms with Crippen molar-refractivity contribution in [3.63, 3.8) is 0 Å². The molecule has 0 fully saturated rings. The minimum Gasteiger partial charge on any atom is -0.308 e. The number of rotatable bonds is 2. The lowest BCUT2D eigenvalue weighted by atomic mass is 10.1. The highest BCUT2D eigenvalue weighted by molar-refractivity contribution is 5.61. The van der Waals surface area contributed by atoms with E-state index in [2.05, 4.69) is 10.2 Å². The van der Waals surface area contributed by atoms with Gasteiger partial charge in [0.15, 0.2) is 5.82 Å². The molecule has 0 spiro atoms. The van der Waals surface area contributed by atoms with Crippen LogP contribution in [0.1, 0.15) is 26.3 Å². The number of aromatic nitrogens is 3. The lowest BCUT2D eigenvalue weighted by Crippen LogP contribution is -2.21. The molecule has 0 saturated carbocycles. The first kappa shape index (κ1) is 13.2. The topological polar surface area (TPSA) is 73.8 Å². The highest BCUT2D eigenvalue weighted by atomic mass is 16.6. The van der Waals surface area contributed by atoms with Crippen molar-refractivity contribution in [3.05, 3.63) is 40.2 Å². The van der Waals surface area contributed by atoms with Crippen LogP contribution in [0, 0.1) is 17.0 Å². The predicted octanol–water partition coefficient (Wildman–Crippen LogP) is 2.92. The summed E-state index contributed by atoms with van der Waals surface area (Å²) in [5, 5.41) is 18.9. The molecule has 0 N–H and O–H groups in total. The average molecular weight is 260 g/mol. The van der Waals surface area contributed by atoms with Crippen LogP contribution < -0.4 is 0 Å². The van der Waals surface area contributed by atoms with Gasteiger partial charge in [0.25, 0.3) is 5.69 Å². The summed E-state index contributed by atoms with van der Waals surface area (Å²) in [4.78, 5) is 10.5. The Labute approximate surface area is 111 Å². The fourth-order valence-electron chi connectivity index (χ4n) is 1.92. The van der Waals surface area contributed by atoms with E-state index in [1.807, 2.05) is 38.3 Å². The van der Waals surface area contributed by atoms with Gasteiger partial charge >= 0.3 is 0 Å². The summed E-state index contributed by atoms with van der Waals surface area (Å²) in [7, 11) is 0. The van der Waals surface area contributed by atoms with Crippen LogP contribution in [-0.2, 0) is 5.54 Å². The number of nitro groups is 1.